The zero-order valence-electron chi connectivity index (χ0n) is 12.2. The molecule has 1 rings (SSSR count). The van der Waals surface area contributed by atoms with Crippen molar-refractivity contribution < 1.29 is 5.11 Å². The first-order chi connectivity index (χ1) is 8.01. The van der Waals surface area contributed by atoms with Crippen molar-refractivity contribution in [2.75, 3.05) is 0 Å². The van der Waals surface area contributed by atoms with E-state index in [0.717, 1.165) is 17.8 Å². The second kappa shape index (κ2) is 6.58. The molecule has 0 spiro atoms. The van der Waals surface area contributed by atoms with Crippen molar-refractivity contribution in [2.24, 2.45) is 29.6 Å². The summed E-state index contributed by atoms with van der Waals surface area (Å²) in [7, 11) is 0. The summed E-state index contributed by atoms with van der Waals surface area (Å²) in [5, 5.41) is 10.1. The van der Waals surface area contributed by atoms with Gasteiger partial charge in [0.1, 0.15) is 0 Å². The molecule has 1 heteroatoms. The van der Waals surface area contributed by atoms with Crippen LogP contribution in [-0.4, -0.2) is 11.2 Å². The number of hydrogen-bond donors (Lipinski definition) is 1. The highest BCUT2D eigenvalue weighted by Gasteiger charge is 2.36. The lowest BCUT2D eigenvalue weighted by molar-refractivity contribution is 0.0386. The van der Waals surface area contributed by atoms with Crippen LogP contribution in [0.1, 0.15) is 53.9 Å². The van der Waals surface area contributed by atoms with E-state index in [1.54, 1.807) is 0 Å². The zero-order chi connectivity index (χ0) is 13.0. The summed E-state index contributed by atoms with van der Waals surface area (Å²) in [5.41, 5.74) is 0. The van der Waals surface area contributed by atoms with Crippen LogP contribution in [0.15, 0.2) is 12.2 Å². The minimum absolute atomic E-state index is 0.265. The normalized spacial score (nSPS) is 38.2. The fourth-order valence-electron chi connectivity index (χ4n) is 3.70. The van der Waals surface area contributed by atoms with Gasteiger partial charge in [0.2, 0.25) is 0 Å². The van der Waals surface area contributed by atoms with Gasteiger partial charge in [-0.25, -0.2) is 0 Å². The van der Waals surface area contributed by atoms with Gasteiger partial charge in [0.25, 0.3) is 0 Å². The molecule has 17 heavy (non-hydrogen) atoms. The van der Waals surface area contributed by atoms with Gasteiger partial charge in [0.05, 0.1) is 6.10 Å². The Morgan fingerprint density at radius 3 is 2.41 bits per heavy atom. The standard InChI is InChI=1S/C16H30O/c1-6-8-16(17)13(5)15-10-14(7-2)11(3)9-12(15)4/h6,8,11-17H,7,9-10H2,1-5H3/b8-6+/t11-,12+,13+,14+,15-,16+/m1/s1. The van der Waals surface area contributed by atoms with Crippen molar-refractivity contribution in [2.45, 2.75) is 60.0 Å². The maximum atomic E-state index is 10.1. The minimum atomic E-state index is -0.265. The molecule has 0 aliphatic heterocycles. The van der Waals surface area contributed by atoms with Crippen LogP contribution in [0.5, 0.6) is 0 Å². The lowest BCUT2D eigenvalue weighted by atomic mass is 9.64. The largest absolute Gasteiger partial charge is 0.389 e. The molecule has 6 atom stereocenters. The third-order valence-corrected chi connectivity index (χ3v) is 4.98. The van der Waals surface area contributed by atoms with Gasteiger partial charge < -0.3 is 5.11 Å². The van der Waals surface area contributed by atoms with Gasteiger partial charge in [0, 0.05) is 0 Å². The van der Waals surface area contributed by atoms with E-state index < -0.39 is 0 Å². The minimum Gasteiger partial charge on any atom is -0.389 e. The number of aliphatic hydroxyl groups excluding tert-OH is 1. The van der Waals surface area contributed by atoms with Gasteiger partial charge in [-0.1, -0.05) is 46.3 Å². The topological polar surface area (TPSA) is 20.2 Å². The Bertz CT molecular complexity index is 246. The average molecular weight is 238 g/mol. The SMILES string of the molecule is C/C=C/[C@H](O)[C@@H](C)[C@@H]1C[C@H](CC)[C@H](C)C[C@@H]1C. The van der Waals surface area contributed by atoms with E-state index in [2.05, 4.69) is 27.7 Å². The highest BCUT2D eigenvalue weighted by atomic mass is 16.3. The molecular weight excluding hydrogens is 208 g/mol. The summed E-state index contributed by atoms with van der Waals surface area (Å²) < 4.78 is 0. The van der Waals surface area contributed by atoms with E-state index in [4.69, 9.17) is 0 Å². The summed E-state index contributed by atoms with van der Waals surface area (Å²) in [6.07, 6.45) is 7.56. The van der Waals surface area contributed by atoms with E-state index in [1.165, 1.54) is 19.3 Å². The monoisotopic (exact) mass is 238 g/mol. The molecule has 0 aromatic heterocycles. The van der Waals surface area contributed by atoms with E-state index in [-0.39, 0.29) is 6.10 Å². The predicted molar refractivity (Wildman–Crippen MR) is 74.8 cm³/mol. The van der Waals surface area contributed by atoms with Crippen LogP contribution in [0, 0.1) is 29.6 Å². The third kappa shape index (κ3) is 3.58. The molecule has 0 aromatic carbocycles. The van der Waals surface area contributed by atoms with Gasteiger partial charge in [-0.15, -0.1) is 0 Å². The van der Waals surface area contributed by atoms with Crippen LogP contribution < -0.4 is 0 Å². The maximum absolute atomic E-state index is 10.1. The molecule has 0 saturated heterocycles. The van der Waals surface area contributed by atoms with Crippen molar-refractivity contribution in [3.05, 3.63) is 12.2 Å². The first-order valence-electron chi connectivity index (χ1n) is 7.32. The molecule has 0 heterocycles. The van der Waals surface area contributed by atoms with Gasteiger partial charge >= 0.3 is 0 Å². The Morgan fingerprint density at radius 2 is 1.88 bits per heavy atom. The summed E-state index contributed by atoms with van der Waals surface area (Å²) in [6.45, 7) is 11.3. The summed E-state index contributed by atoms with van der Waals surface area (Å²) in [4.78, 5) is 0. The predicted octanol–water partition coefficient (Wildman–Crippen LogP) is 4.27. The number of rotatable bonds is 4. The van der Waals surface area contributed by atoms with Gasteiger partial charge in [-0.2, -0.15) is 0 Å². The average Bonchev–Trinajstić information content (AvgIpc) is 2.29. The first-order valence-corrected chi connectivity index (χ1v) is 7.32. The quantitative estimate of drug-likeness (QED) is 0.725. The van der Waals surface area contributed by atoms with Gasteiger partial charge in [0.15, 0.2) is 0 Å². The summed E-state index contributed by atoms with van der Waals surface area (Å²) in [6, 6.07) is 0. The van der Waals surface area contributed by atoms with Crippen molar-refractivity contribution in [1.82, 2.24) is 0 Å². The van der Waals surface area contributed by atoms with Crippen molar-refractivity contribution in [1.29, 1.82) is 0 Å². The van der Waals surface area contributed by atoms with Gasteiger partial charge in [-0.3, -0.25) is 0 Å². The molecule has 0 radical (unpaired) electrons. The number of hydrogen-bond acceptors (Lipinski definition) is 1. The van der Waals surface area contributed by atoms with Crippen molar-refractivity contribution in [3.8, 4) is 0 Å². The maximum Gasteiger partial charge on any atom is 0.0749 e. The third-order valence-electron chi connectivity index (χ3n) is 4.98. The fraction of sp³-hybridized carbons (Fsp3) is 0.875. The van der Waals surface area contributed by atoms with Crippen LogP contribution in [0.4, 0.5) is 0 Å². The van der Waals surface area contributed by atoms with E-state index >= 15 is 0 Å². The Morgan fingerprint density at radius 1 is 1.24 bits per heavy atom. The Hall–Kier alpha value is -0.300. The van der Waals surface area contributed by atoms with Crippen molar-refractivity contribution >= 4 is 0 Å². The Balaban J connectivity index is 2.68. The van der Waals surface area contributed by atoms with Crippen LogP contribution in [0.2, 0.25) is 0 Å². The molecule has 1 aliphatic rings. The van der Waals surface area contributed by atoms with Crippen LogP contribution >= 0.6 is 0 Å². The highest BCUT2D eigenvalue weighted by molar-refractivity contribution is 4.94. The van der Waals surface area contributed by atoms with Crippen LogP contribution in [0.3, 0.4) is 0 Å². The van der Waals surface area contributed by atoms with Gasteiger partial charge in [-0.05, 0) is 49.4 Å². The highest BCUT2D eigenvalue weighted by Crippen LogP contribution is 2.43. The second-order valence-electron chi connectivity index (χ2n) is 6.13. The second-order valence-corrected chi connectivity index (χ2v) is 6.13. The van der Waals surface area contributed by atoms with Crippen LogP contribution in [-0.2, 0) is 0 Å². The molecule has 0 unspecified atom stereocenters. The molecule has 0 amide bonds. The summed E-state index contributed by atoms with van der Waals surface area (Å²) >= 11 is 0. The number of aliphatic hydroxyl groups is 1. The molecule has 1 nitrogen and oxygen atoms in total. The van der Waals surface area contributed by atoms with E-state index in [9.17, 15) is 5.11 Å². The fourth-order valence-corrected chi connectivity index (χ4v) is 3.70. The molecular formula is C16H30O. The lowest BCUT2D eigenvalue weighted by Gasteiger charge is -2.42. The molecule has 1 fully saturated rings. The lowest BCUT2D eigenvalue weighted by Crippen LogP contribution is -2.36. The van der Waals surface area contributed by atoms with E-state index in [0.29, 0.717) is 11.8 Å². The molecule has 1 saturated carbocycles. The Kier molecular flexibility index (Phi) is 5.72. The van der Waals surface area contributed by atoms with Crippen LogP contribution in [0.25, 0.3) is 0 Å². The molecule has 0 aromatic rings. The molecule has 1 aliphatic carbocycles. The smallest absolute Gasteiger partial charge is 0.0749 e. The molecule has 1 N–H and O–H groups in total. The van der Waals surface area contributed by atoms with Crippen molar-refractivity contribution in [3.63, 3.8) is 0 Å². The Labute approximate surface area is 107 Å². The molecule has 0 bridgehead atoms. The van der Waals surface area contributed by atoms with E-state index in [1.807, 2.05) is 19.1 Å². The summed E-state index contributed by atoms with van der Waals surface area (Å²) in [5.74, 6) is 3.54. The molecule has 100 valence electrons. The number of allylic oxidation sites excluding steroid dienone is 1. The zero-order valence-corrected chi connectivity index (χ0v) is 12.2. The first kappa shape index (κ1) is 14.8.